The first-order valence-corrected chi connectivity index (χ1v) is 10.7. The minimum absolute atomic E-state index is 0.00830. The van der Waals surface area contributed by atoms with Gasteiger partial charge in [-0.05, 0) is 43.2 Å². The highest BCUT2D eigenvalue weighted by Crippen LogP contribution is 2.33. The van der Waals surface area contributed by atoms with Crippen LogP contribution in [0.3, 0.4) is 0 Å². The number of carbonyl (C=O) groups excluding carboxylic acids is 3. The van der Waals surface area contributed by atoms with Crippen LogP contribution in [0.4, 0.5) is 5.69 Å². The van der Waals surface area contributed by atoms with E-state index in [1.165, 1.54) is 11.0 Å². The number of amides is 2. The van der Waals surface area contributed by atoms with Crippen molar-refractivity contribution in [2.75, 3.05) is 37.8 Å². The predicted molar refractivity (Wildman–Crippen MR) is 118 cm³/mol. The Bertz CT molecular complexity index is 1020. The zero-order valence-electron chi connectivity index (χ0n) is 17.3. The molecule has 1 saturated heterocycles. The van der Waals surface area contributed by atoms with E-state index in [0.29, 0.717) is 40.9 Å². The molecule has 1 fully saturated rings. The van der Waals surface area contributed by atoms with Crippen LogP contribution in [0, 0.1) is 0 Å². The first-order valence-electron chi connectivity index (χ1n) is 10.4. The first kappa shape index (κ1) is 22.1. The lowest BCUT2D eigenvalue weighted by Gasteiger charge is -2.29. The number of halogens is 1. The molecule has 2 amide bonds. The molecule has 2 aliphatic rings. The molecule has 0 aromatic heterocycles. The van der Waals surface area contributed by atoms with Gasteiger partial charge in [0.15, 0.2) is 19.0 Å². The van der Waals surface area contributed by atoms with Gasteiger partial charge in [-0.2, -0.15) is 0 Å². The Morgan fingerprint density at radius 1 is 1.22 bits per heavy atom. The van der Waals surface area contributed by atoms with Crippen LogP contribution in [0.15, 0.2) is 42.5 Å². The van der Waals surface area contributed by atoms with Gasteiger partial charge in [-0.1, -0.05) is 23.7 Å². The van der Waals surface area contributed by atoms with Crippen LogP contribution in [-0.2, 0) is 14.3 Å². The molecule has 0 bridgehead atoms. The van der Waals surface area contributed by atoms with E-state index in [1.807, 2.05) is 0 Å². The van der Waals surface area contributed by atoms with E-state index < -0.39 is 0 Å². The summed E-state index contributed by atoms with van der Waals surface area (Å²) in [6.45, 7) is 0.540. The second kappa shape index (κ2) is 10.0. The SMILES string of the molecule is O=C(CN1C(=O)COc2ccc(C(=O)COc3ccccc3Cl)cc21)NCC1CCCO1. The van der Waals surface area contributed by atoms with E-state index in [2.05, 4.69) is 5.32 Å². The molecule has 1 N–H and O–H groups in total. The molecule has 9 heteroatoms. The maximum absolute atomic E-state index is 12.7. The van der Waals surface area contributed by atoms with E-state index in [-0.39, 0.29) is 43.5 Å². The number of ether oxygens (including phenoxy) is 3. The minimum Gasteiger partial charge on any atom is -0.484 e. The lowest BCUT2D eigenvalue weighted by atomic mass is 10.1. The normalized spacial score (nSPS) is 17.5. The third-order valence-corrected chi connectivity index (χ3v) is 5.58. The molecule has 0 aliphatic carbocycles. The number of Topliss-reactive ketones (excluding diaryl/α,β-unsaturated/α-hetero) is 1. The zero-order chi connectivity index (χ0) is 22.5. The maximum Gasteiger partial charge on any atom is 0.265 e. The molecule has 168 valence electrons. The molecule has 2 heterocycles. The quantitative estimate of drug-likeness (QED) is 0.611. The summed E-state index contributed by atoms with van der Waals surface area (Å²) in [7, 11) is 0. The van der Waals surface area contributed by atoms with E-state index in [0.717, 1.165) is 12.8 Å². The van der Waals surface area contributed by atoms with E-state index >= 15 is 0 Å². The third-order valence-electron chi connectivity index (χ3n) is 5.27. The Labute approximate surface area is 190 Å². The number of benzene rings is 2. The average Bonchev–Trinajstić information content (AvgIpc) is 3.32. The number of para-hydroxylation sites is 1. The summed E-state index contributed by atoms with van der Waals surface area (Å²) in [6.07, 6.45) is 1.89. The molecule has 2 aliphatic heterocycles. The van der Waals surface area contributed by atoms with E-state index in [1.54, 1.807) is 36.4 Å². The van der Waals surface area contributed by atoms with Crippen molar-refractivity contribution >= 4 is 34.9 Å². The third kappa shape index (κ3) is 5.20. The van der Waals surface area contributed by atoms with Crippen LogP contribution in [0.2, 0.25) is 5.02 Å². The van der Waals surface area contributed by atoms with Gasteiger partial charge < -0.3 is 19.5 Å². The summed E-state index contributed by atoms with van der Waals surface area (Å²) in [6, 6.07) is 11.6. The highest BCUT2D eigenvalue weighted by Gasteiger charge is 2.29. The van der Waals surface area contributed by atoms with Crippen molar-refractivity contribution in [3.63, 3.8) is 0 Å². The fraction of sp³-hybridized carbons (Fsp3) is 0.348. The van der Waals surface area contributed by atoms with Gasteiger partial charge in [0.2, 0.25) is 5.91 Å². The van der Waals surface area contributed by atoms with Gasteiger partial charge in [0.05, 0.1) is 16.8 Å². The highest BCUT2D eigenvalue weighted by atomic mass is 35.5. The number of anilines is 1. The molecule has 1 atom stereocenters. The van der Waals surface area contributed by atoms with E-state index in [4.69, 9.17) is 25.8 Å². The summed E-state index contributed by atoms with van der Waals surface area (Å²) in [4.78, 5) is 38.9. The molecule has 1 unspecified atom stereocenters. The number of nitrogens with one attached hydrogen (secondary N) is 1. The van der Waals surface area contributed by atoms with Gasteiger partial charge in [0.1, 0.15) is 18.0 Å². The van der Waals surface area contributed by atoms with Crippen molar-refractivity contribution in [2.24, 2.45) is 0 Å². The van der Waals surface area contributed by atoms with Gasteiger partial charge in [0.25, 0.3) is 5.91 Å². The summed E-state index contributed by atoms with van der Waals surface area (Å²) >= 11 is 6.06. The molecule has 32 heavy (non-hydrogen) atoms. The number of rotatable bonds is 8. The average molecular weight is 459 g/mol. The Kier molecular flexibility index (Phi) is 6.92. The number of nitrogens with zero attached hydrogens (tertiary/aromatic N) is 1. The van der Waals surface area contributed by atoms with Gasteiger partial charge in [-0.3, -0.25) is 19.3 Å². The van der Waals surface area contributed by atoms with Crippen LogP contribution >= 0.6 is 11.6 Å². The number of hydrogen-bond acceptors (Lipinski definition) is 6. The standard InChI is InChI=1S/C23H23ClN2O6/c24-17-5-1-2-6-20(17)31-13-19(27)15-7-8-21-18(10-15)26(23(29)14-32-21)12-22(28)25-11-16-4-3-9-30-16/h1-2,5-8,10,16H,3-4,9,11-14H2,(H,25,28). The number of carbonyl (C=O) groups is 3. The monoisotopic (exact) mass is 458 g/mol. The predicted octanol–water partition coefficient (Wildman–Crippen LogP) is 2.62. The summed E-state index contributed by atoms with van der Waals surface area (Å²) in [5.41, 5.74) is 0.705. The summed E-state index contributed by atoms with van der Waals surface area (Å²) in [5.74, 6) is -0.126. The molecular formula is C23H23ClN2O6. The van der Waals surface area contributed by atoms with Crippen molar-refractivity contribution in [2.45, 2.75) is 18.9 Å². The minimum atomic E-state index is -0.360. The molecular weight excluding hydrogens is 436 g/mol. The summed E-state index contributed by atoms with van der Waals surface area (Å²) < 4.78 is 16.5. The van der Waals surface area contributed by atoms with E-state index in [9.17, 15) is 14.4 Å². The lowest BCUT2D eigenvalue weighted by molar-refractivity contribution is -0.125. The van der Waals surface area contributed by atoms with Crippen molar-refractivity contribution in [3.8, 4) is 11.5 Å². The zero-order valence-corrected chi connectivity index (χ0v) is 18.1. The summed E-state index contributed by atoms with van der Waals surface area (Å²) in [5, 5.41) is 3.21. The van der Waals surface area contributed by atoms with Crippen LogP contribution in [0.5, 0.6) is 11.5 Å². The molecule has 2 aromatic carbocycles. The smallest absolute Gasteiger partial charge is 0.265 e. The molecule has 2 aromatic rings. The van der Waals surface area contributed by atoms with Crippen LogP contribution in [0.25, 0.3) is 0 Å². The largest absolute Gasteiger partial charge is 0.484 e. The maximum atomic E-state index is 12.7. The van der Waals surface area contributed by atoms with Crippen LogP contribution in [0.1, 0.15) is 23.2 Å². The lowest BCUT2D eigenvalue weighted by Crippen LogP contribution is -2.46. The fourth-order valence-electron chi connectivity index (χ4n) is 3.57. The van der Waals surface area contributed by atoms with Gasteiger partial charge in [-0.15, -0.1) is 0 Å². The Balaban J connectivity index is 1.43. The number of ketones is 1. The second-order valence-electron chi connectivity index (χ2n) is 7.53. The molecule has 8 nitrogen and oxygen atoms in total. The fourth-order valence-corrected chi connectivity index (χ4v) is 3.76. The van der Waals surface area contributed by atoms with Crippen molar-refractivity contribution in [3.05, 3.63) is 53.1 Å². The van der Waals surface area contributed by atoms with Crippen molar-refractivity contribution < 1.29 is 28.6 Å². The van der Waals surface area contributed by atoms with Gasteiger partial charge in [0, 0.05) is 18.7 Å². The van der Waals surface area contributed by atoms with Crippen LogP contribution in [-0.4, -0.2) is 56.6 Å². The first-order chi connectivity index (χ1) is 15.5. The Morgan fingerprint density at radius 2 is 2.06 bits per heavy atom. The highest BCUT2D eigenvalue weighted by molar-refractivity contribution is 6.32. The van der Waals surface area contributed by atoms with Crippen molar-refractivity contribution in [1.29, 1.82) is 0 Å². The number of fused-ring (bicyclic) bond motifs is 1. The molecule has 0 saturated carbocycles. The second-order valence-corrected chi connectivity index (χ2v) is 7.94. The van der Waals surface area contributed by atoms with Crippen molar-refractivity contribution in [1.82, 2.24) is 5.32 Å². The van der Waals surface area contributed by atoms with Crippen LogP contribution < -0.4 is 19.7 Å². The Morgan fingerprint density at radius 3 is 2.84 bits per heavy atom. The number of hydrogen-bond donors (Lipinski definition) is 1. The van der Waals surface area contributed by atoms with Gasteiger partial charge >= 0.3 is 0 Å². The topological polar surface area (TPSA) is 94.2 Å². The Hall–Kier alpha value is -3.10. The molecule has 4 rings (SSSR count). The molecule has 0 spiro atoms. The molecule has 0 radical (unpaired) electrons. The van der Waals surface area contributed by atoms with Gasteiger partial charge in [-0.25, -0.2) is 0 Å².